The lowest BCUT2D eigenvalue weighted by Crippen LogP contribution is -2.06. The van der Waals surface area contributed by atoms with Gasteiger partial charge in [-0.15, -0.1) is 11.3 Å². The first-order chi connectivity index (χ1) is 15.0. The van der Waals surface area contributed by atoms with Gasteiger partial charge >= 0.3 is 5.97 Å². The molecule has 3 aromatic carbocycles. The molecular weight excluding hydrogens is 468 g/mol. The van der Waals surface area contributed by atoms with E-state index >= 15 is 0 Å². The van der Waals surface area contributed by atoms with Crippen molar-refractivity contribution in [3.63, 3.8) is 0 Å². The Morgan fingerprint density at radius 1 is 1.06 bits per heavy atom. The van der Waals surface area contributed by atoms with Crippen LogP contribution in [-0.4, -0.2) is 5.97 Å². The molecule has 0 aliphatic heterocycles. The maximum Gasteiger partial charge on any atom is 0.308 e. The summed E-state index contributed by atoms with van der Waals surface area (Å²) in [5.41, 5.74) is 5.00. The van der Waals surface area contributed by atoms with Crippen molar-refractivity contribution in [3.8, 4) is 16.9 Å². The first kappa shape index (κ1) is 20.7. The number of carbonyl (C=O) groups excluding carboxylic acids is 1. The number of hydrogen-bond acceptors (Lipinski definition) is 3. The van der Waals surface area contributed by atoms with E-state index in [1.807, 2.05) is 17.4 Å². The first-order valence-electron chi connectivity index (χ1n) is 10.9. The lowest BCUT2D eigenvalue weighted by Gasteiger charge is -2.18. The van der Waals surface area contributed by atoms with Crippen molar-refractivity contribution in [2.45, 2.75) is 52.4 Å². The maximum atomic E-state index is 11.7. The third-order valence-electron chi connectivity index (χ3n) is 6.61. The van der Waals surface area contributed by atoms with Gasteiger partial charge in [-0.05, 0) is 93.7 Å². The molecule has 0 amide bonds. The molecule has 0 bridgehead atoms. The van der Waals surface area contributed by atoms with Crippen molar-refractivity contribution in [2.75, 3.05) is 0 Å². The minimum atomic E-state index is -0.257. The Morgan fingerprint density at radius 2 is 1.77 bits per heavy atom. The molecule has 4 heteroatoms. The van der Waals surface area contributed by atoms with Crippen molar-refractivity contribution in [1.29, 1.82) is 0 Å². The predicted molar refractivity (Wildman–Crippen MR) is 134 cm³/mol. The fraction of sp³-hybridized carbons (Fsp3) is 0.296. The van der Waals surface area contributed by atoms with E-state index in [-0.39, 0.29) is 5.97 Å². The Bertz CT molecular complexity index is 1330. The van der Waals surface area contributed by atoms with Gasteiger partial charge in [0.25, 0.3) is 0 Å². The number of thiophene rings is 1. The molecule has 1 saturated carbocycles. The summed E-state index contributed by atoms with van der Waals surface area (Å²) in [6, 6.07) is 15.0. The van der Waals surface area contributed by atoms with Crippen LogP contribution in [0.15, 0.2) is 46.9 Å². The molecule has 0 spiro atoms. The summed E-state index contributed by atoms with van der Waals surface area (Å²) in [4.78, 5) is 13.1. The Kier molecular flexibility index (Phi) is 5.39. The number of ether oxygens (including phenoxy) is 1. The fourth-order valence-electron chi connectivity index (χ4n) is 5.04. The zero-order valence-corrected chi connectivity index (χ0v) is 20.5. The molecule has 1 heterocycles. The molecule has 1 fully saturated rings. The highest BCUT2D eigenvalue weighted by Crippen LogP contribution is 2.48. The topological polar surface area (TPSA) is 26.3 Å². The number of halogens is 1. The quantitative estimate of drug-likeness (QED) is 0.211. The summed E-state index contributed by atoms with van der Waals surface area (Å²) in [5.74, 6) is 0.920. The molecule has 4 aromatic rings. The molecule has 1 aliphatic carbocycles. The molecule has 0 atom stereocenters. The van der Waals surface area contributed by atoms with Gasteiger partial charge in [0.1, 0.15) is 5.75 Å². The van der Waals surface area contributed by atoms with E-state index in [4.69, 9.17) is 4.74 Å². The minimum Gasteiger partial charge on any atom is -0.426 e. The molecular formula is C27H25BrO2S. The molecule has 1 aliphatic rings. The number of aryl methyl sites for hydroxylation is 2. The van der Waals surface area contributed by atoms with E-state index in [1.165, 1.54) is 72.2 Å². The van der Waals surface area contributed by atoms with Crippen LogP contribution in [0.4, 0.5) is 0 Å². The van der Waals surface area contributed by atoms with Gasteiger partial charge in [0, 0.05) is 21.7 Å². The zero-order chi connectivity index (χ0) is 21.7. The van der Waals surface area contributed by atoms with E-state index in [0.29, 0.717) is 5.92 Å². The third kappa shape index (κ3) is 3.50. The second kappa shape index (κ2) is 8.07. The molecule has 0 saturated heterocycles. The highest BCUT2D eigenvalue weighted by atomic mass is 79.9. The van der Waals surface area contributed by atoms with Gasteiger partial charge in [0.05, 0.1) is 4.70 Å². The summed E-state index contributed by atoms with van der Waals surface area (Å²) >= 11 is 5.75. The summed E-state index contributed by atoms with van der Waals surface area (Å²) in [6.07, 6.45) is 4.79. The molecule has 2 nitrogen and oxygen atoms in total. The van der Waals surface area contributed by atoms with Crippen LogP contribution in [0.1, 0.15) is 54.5 Å². The summed E-state index contributed by atoms with van der Waals surface area (Å²) < 4.78 is 8.10. The fourth-order valence-corrected chi connectivity index (χ4v) is 6.94. The third-order valence-corrected chi connectivity index (χ3v) is 8.93. The Balaban J connectivity index is 1.83. The summed E-state index contributed by atoms with van der Waals surface area (Å²) in [6.45, 7) is 5.91. The number of benzene rings is 3. The van der Waals surface area contributed by atoms with Gasteiger partial charge in [-0.1, -0.05) is 43.2 Å². The van der Waals surface area contributed by atoms with Gasteiger partial charge < -0.3 is 4.74 Å². The van der Waals surface area contributed by atoms with Gasteiger partial charge in [-0.3, -0.25) is 4.79 Å². The molecule has 31 heavy (non-hydrogen) atoms. The van der Waals surface area contributed by atoms with E-state index < -0.39 is 0 Å². The molecule has 1 aromatic heterocycles. The number of rotatable bonds is 3. The predicted octanol–water partition coefficient (Wildman–Crippen LogP) is 8.68. The van der Waals surface area contributed by atoms with E-state index in [1.54, 1.807) is 0 Å². The van der Waals surface area contributed by atoms with Crippen LogP contribution in [0.5, 0.6) is 5.75 Å². The van der Waals surface area contributed by atoms with Gasteiger partial charge in [-0.2, -0.15) is 0 Å². The second-order valence-corrected chi connectivity index (χ2v) is 10.6. The Labute approximate surface area is 195 Å². The van der Waals surface area contributed by atoms with Crippen molar-refractivity contribution in [1.82, 2.24) is 0 Å². The maximum absolute atomic E-state index is 11.7. The van der Waals surface area contributed by atoms with Crippen LogP contribution in [0, 0.1) is 13.8 Å². The molecule has 0 radical (unpaired) electrons. The number of carbonyl (C=O) groups is 1. The second-order valence-electron chi connectivity index (χ2n) is 8.55. The Morgan fingerprint density at radius 3 is 2.48 bits per heavy atom. The van der Waals surface area contributed by atoms with Crippen LogP contribution in [0.3, 0.4) is 0 Å². The van der Waals surface area contributed by atoms with E-state index in [0.717, 1.165) is 18.6 Å². The average molecular weight is 493 g/mol. The van der Waals surface area contributed by atoms with Gasteiger partial charge in [0.15, 0.2) is 0 Å². The van der Waals surface area contributed by atoms with Gasteiger partial charge in [-0.25, -0.2) is 0 Å². The van der Waals surface area contributed by atoms with Crippen LogP contribution in [0.2, 0.25) is 0 Å². The van der Waals surface area contributed by atoms with Gasteiger partial charge in [0.2, 0.25) is 0 Å². The van der Waals surface area contributed by atoms with Crippen LogP contribution in [-0.2, 0) is 4.79 Å². The molecule has 158 valence electrons. The van der Waals surface area contributed by atoms with Crippen molar-refractivity contribution in [3.05, 3.63) is 62.9 Å². The van der Waals surface area contributed by atoms with Crippen molar-refractivity contribution >= 4 is 54.1 Å². The van der Waals surface area contributed by atoms with E-state index in [2.05, 4.69) is 66.2 Å². The molecule has 5 rings (SSSR count). The van der Waals surface area contributed by atoms with E-state index in [9.17, 15) is 4.79 Å². The minimum absolute atomic E-state index is 0.257. The highest BCUT2D eigenvalue weighted by molar-refractivity contribution is 9.11. The lowest BCUT2D eigenvalue weighted by molar-refractivity contribution is -0.131. The highest BCUT2D eigenvalue weighted by Gasteiger charge is 2.24. The summed E-state index contributed by atoms with van der Waals surface area (Å²) in [7, 11) is 0. The summed E-state index contributed by atoms with van der Waals surface area (Å²) in [5, 5.41) is 3.81. The standard InChI is InChI=1S/C27H25BrO2S/c1-15-16(2)31-27-24(15)25(20-10-6-7-11-21(20)26(27)28)19-12-13-23(30-17(3)29)22(14-19)18-8-4-5-9-18/h6-7,10-14,18H,4-5,8-9H2,1-3H3. The monoisotopic (exact) mass is 492 g/mol. The largest absolute Gasteiger partial charge is 0.426 e. The number of hydrogen-bond donors (Lipinski definition) is 0. The average Bonchev–Trinajstić information content (AvgIpc) is 3.39. The zero-order valence-electron chi connectivity index (χ0n) is 18.0. The van der Waals surface area contributed by atoms with Crippen LogP contribution < -0.4 is 4.74 Å². The number of esters is 1. The SMILES string of the molecule is CC(=O)Oc1ccc(-c2c3ccccc3c(Br)c3sc(C)c(C)c23)cc1C1CCCC1. The smallest absolute Gasteiger partial charge is 0.308 e. The van der Waals surface area contributed by atoms with Crippen LogP contribution >= 0.6 is 27.3 Å². The number of fused-ring (bicyclic) bond motifs is 2. The van der Waals surface area contributed by atoms with Crippen LogP contribution in [0.25, 0.3) is 32.0 Å². The van der Waals surface area contributed by atoms with Crippen molar-refractivity contribution in [2.24, 2.45) is 0 Å². The molecule has 0 N–H and O–H groups in total. The molecule has 0 unspecified atom stereocenters. The lowest BCUT2D eigenvalue weighted by atomic mass is 9.89. The van der Waals surface area contributed by atoms with Crippen molar-refractivity contribution < 1.29 is 9.53 Å². The first-order valence-corrected chi connectivity index (χ1v) is 12.5. The Hall–Kier alpha value is -2.17. The normalized spacial score (nSPS) is 14.6.